The summed E-state index contributed by atoms with van der Waals surface area (Å²) in [5, 5.41) is 10.8. The van der Waals surface area contributed by atoms with Crippen molar-refractivity contribution in [2.75, 3.05) is 44.7 Å². The maximum Gasteiger partial charge on any atom is 0.410 e. The van der Waals surface area contributed by atoms with Crippen molar-refractivity contribution in [3.63, 3.8) is 0 Å². The summed E-state index contributed by atoms with van der Waals surface area (Å²) in [5.41, 5.74) is -0.682. The van der Waals surface area contributed by atoms with E-state index in [-0.39, 0.29) is 53.9 Å². The van der Waals surface area contributed by atoms with Gasteiger partial charge in [0.1, 0.15) is 35.1 Å². The zero-order chi connectivity index (χ0) is 33.7. The first-order valence-electron chi connectivity index (χ1n) is 15.5. The first-order chi connectivity index (χ1) is 22.3. The van der Waals surface area contributed by atoms with Crippen LogP contribution in [0.4, 0.5) is 19.4 Å². The van der Waals surface area contributed by atoms with Gasteiger partial charge in [-0.2, -0.15) is 15.2 Å². The van der Waals surface area contributed by atoms with Crippen LogP contribution >= 0.6 is 11.6 Å². The van der Waals surface area contributed by atoms with Crippen molar-refractivity contribution in [2.45, 2.75) is 57.7 Å². The minimum Gasteiger partial charge on any atom is -0.461 e. The number of hydrogen-bond donors (Lipinski definition) is 0. The molecule has 2 aliphatic heterocycles. The Kier molecular flexibility index (Phi) is 8.57. The largest absolute Gasteiger partial charge is 0.461 e. The van der Waals surface area contributed by atoms with Gasteiger partial charge in [0.15, 0.2) is 5.82 Å². The number of ether oxygens (including phenoxy) is 2. The fraction of sp³-hybridized carbons (Fsp3) is 0.441. The number of fused-ring (bicyclic) bond motifs is 2. The fourth-order valence-corrected chi connectivity index (χ4v) is 6.30. The lowest BCUT2D eigenvalue weighted by molar-refractivity contribution is -0.0132. The number of aromatic nitrogens is 3. The Hall–Kier alpha value is -4.34. The Morgan fingerprint density at radius 1 is 1.17 bits per heavy atom. The molecule has 47 heavy (non-hydrogen) atoms. The molecule has 2 aromatic carbocycles. The molecule has 2 fully saturated rings. The number of amides is 1. The van der Waals surface area contributed by atoms with Crippen LogP contribution in [0.1, 0.15) is 40.5 Å². The third-order valence-electron chi connectivity index (χ3n) is 8.99. The van der Waals surface area contributed by atoms with Crippen LogP contribution in [0.15, 0.2) is 36.5 Å². The molecule has 1 amide bonds. The second kappa shape index (κ2) is 12.4. The van der Waals surface area contributed by atoms with E-state index < -0.39 is 29.4 Å². The maximum absolute atomic E-state index is 16.7. The first kappa shape index (κ1) is 32.6. The zero-order valence-corrected chi connectivity index (χ0v) is 27.7. The van der Waals surface area contributed by atoms with Gasteiger partial charge in [0.25, 0.3) is 0 Å². The molecule has 10 nitrogen and oxygen atoms in total. The number of likely N-dealkylation sites (N-methyl/N-ethyl adjacent to an activating group) is 1. The van der Waals surface area contributed by atoms with Crippen LogP contribution in [0.5, 0.6) is 6.01 Å². The van der Waals surface area contributed by atoms with E-state index in [1.165, 1.54) is 12.3 Å². The molecule has 0 spiro atoms. The molecule has 1 unspecified atom stereocenters. The summed E-state index contributed by atoms with van der Waals surface area (Å²) in [6, 6.07) is 9.63. The average Bonchev–Trinajstić information content (AvgIpc) is 3.03. The van der Waals surface area contributed by atoms with E-state index in [0.717, 1.165) is 13.0 Å². The second-order valence-electron chi connectivity index (χ2n) is 13.4. The van der Waals surface area contributed by atoms with Crippen molar-refractivity contribution >= 4 is 45.2 Å². The van der Waals surface area contributed by atoms with Gasteiger partial charge < -0.3 is 19.3 Å². The summed E-state index contributed by atoms with van der Waals surface area (Å²) >= 11 is 6.39. The summed E-state index contributed by atoms with van der Waals surface area (Å²) in [7, 11) is 2.01. The lowest BCUT2D eigenvalue weighted by Gasteiger charge is -2.47. The molecule has 2 aromatic heterocycles. The number of benzene rings is 2. The normalized spacial score (nSPS) is 20.3. The summed E-state index contributed by atoms with van der Waals surface area (Å²) < 4.78 is 43.0. The molecule has 4 heterocycles. The Balaban J connectivity index is 1.44. The predicted molar refractivity (Wildman–Crippen MR) is 176 cm³/mol. The predicted octanol–water partition coefficient (Wildman–Crippen LogP) is 6.59. The van der Waals surface area contributed by atoms with E-state index in [1.807, 2.05) is 11.9 Å². The van der Waals surface area contributed by atoms with Crippen molar-refractivity contribution in [3.8, 4) is 23.3 Å². The summed E-state index contributed by atoms with van der Waals surface area (Å²) in [5.74, 6) is -0.999. The zero-order valence-electron chi connectivity index (χ0n) is 27.0. The van der Waals surface area contributed by atoms with Gasteiger partial charge in [-0.1, -0.05) is 35.9 Å². The summed E-state index contributed by atoms with van der Waals surface area (Å²) in [6.07, 6.45) is 1.96. The van der Waals surface area contributed by atoms with Crippen LogP contribution in [0.3, 0.4) is 0 Å². The molecule has 2 atom stereocenters. The van der Waals surface area contributed by atoms with E-state index in [4.69, 9.17) is 26.1 Å². The van der Waals surface area contributed by atoms with Crippen molar-refractivity contribution < 1.29 is 23.0 Å². The number of carbonyl (C=O) groups is 1. The van der Waals surface area contributed by atoms with Gasteiger partial charge in [-0.3, -0.25) is 9.88 Å². The first-order valence-corrected chi connectivity index (χ1v) is 15.9. The Labute approximate surface area is 276 Å². The van der Waals surface area contributed by atoms with Crippen LogP contribution in [-0.2, 0) is 4.74 Å². The third-order valence-corrected chi connectivity index (χ3v) is 9.36. The van der Waals surface area contributed by atoms with Gasteiger partial charge in [-0.15, -0.1) is 0 Å². The van der Waals surface area contributed by atoms with Gasteiger partial charge >= 0.3 is 12.1 Å². The Morgan fingerprint density at radius 3 is 2.64 bits per heavy atom. The quantitative estimate of drug-likeness (QED) is 0.226. The molecule has 0 aliphatic carbocycles. The molecular weight excluding hydrogens is 628 g/mol. The molecule has 0 radical (unpaired) electrons. The molecule has 4 aromatic rings. The fourth-order valence-electron chi connectivity index (χ4n) is 6.03. The third kappa shape index (κ3) is 6.22. The van der Waals surface area contributed by atoms with E-state index >= 15 is 4.39 Å². The molecule has 246 valence electrons. The highest BCUT2D eigenvalue weighted by molar-refractivity contribution is 6.36. The highest BCUT2D eigenvalue weighted by atomic mass is 35.5. The highest BCUT2D eigenvalue weighted by Crippen LogP contribution is 2.39. The summed E-state index contributed by atoms with van der Waals surface area (Å²) in [6.45, 7) is 9.47. The van der Waals surface area contributed by atoms with E-state index in [2.05, 4.69) is 27.9 Å². The number of nitrogens with zero attached hydrogens (tertiary/aromatic N) is 7. The molecule has 2 aliphatic rings. The molecule has 6 rings (SSSR count). The van der Waals surface area contributed by atoms with E-state index in [9.17, 15) is 14.4 Å². The van der Waals surface area contributed by atoms with Crippen LogP contribution in [0.25, 0.3) is 32.9 Å². The monoisotopic (exact) mass is 663 g/mol. The van der Waals surface area contributed by atoms with Crippen LogP contribution in [0.2, 0.25) is 5.02 Å². The number of halogens is 3. The van der Waals surface area contributed by atoms with Gasteiger partial charge in [0.2, 0.25) is 0 Å². The van der Waals surface area contributed by atoms with Gasteiger partial charge in [0, 0.05) is 43.3 Å². The number of pyridine rings is 1. The molecule has 0 saturated carbocycles. The Bertz CT molecular complexity index is 1910. The maximum atomic E-state index is 16.7. The number of rotatable bonds is 6. The Morgan fingerprint density at radius 2 is 1.96 bits per heavy atom. The van der Waals surface area contributed by atoms with Gasteiger partial charge in [-0.05, 0) is 52.6 Å². The lowest BCUT2D eigenvalue weighted by atomic mass is 9.88. The van der Waals surface area contributed by atoms with Gasteiger partial charge in [0.05, 0.1) is 34.5 Å². The van der Waals surface area contributed by atoms with E-state index in [0.29, 0.717) is 34.1 Å². The van der Waals surface area contributed by atoms with Crippen LogP contribution in [0, 0.1) is 23.0 Å². The molecule has 2 saturated heterocycles. The minimum absolute atomic E-state index is 0.0153. The smallest absolute Gasteiger partial charge is 0.410 e. The highest BCUT2D eigenvalue weighted by Gasteiger charge is 2.39. The molecule has 0 N–H and O–H groups in total. The van der Waals surface area contributed by atoms with Crippen molar-refractivity contribution in [3.05, 3.63) is 53.2 Å². The summed E-state index contributed by atoms with van der Waals surface area (Å²) in [4.78, 5) is 32.4. The number of piperazine rings is 1. The lowest BCUT2D eigenvalue weighted by Crippen LogP contribution is -2.59. The number of carbonyl (C=O) groups excluding carboxylic acids is 1. The van der Waals surface area contributed by atoms with E-state index in [1.54, 1.807) is 49.9 Å². The number of hydrogen-bond acceptors (Lipinski definition) is 9. The average molecular weight is 664 g/mol. The number of anilines is 1. The van der Waals surface area contributed by atoms with Gasteiger partial charge in [-0.25, -0.2) is 13.6 Å². The second-order valence-corrected chi connectivity index (χ2v) is 13.7. The molecular formula is C34H36ClF2N7O3. The minimum atomic E-state index is -0.739. The van der Waals surface area contributed by atoms with Crippen molar-refractivity contribution in [2.24, 2.45) is 0 Å². The van der Waals surface area contributed by atoms with Crippen LogP contribution in [-0.4, -0.2) is 87.9 Å². The van der Waals surface area contributed by atoms with Crippen molar-refractivity contribution in [1.82, 2.24) is 24.8 Å². The van der Waals surface area contributed by atoms with Crippen molar-refractivity contribution in [1.29, 1.82) is 5.26 Å². The topological polar surface area (TPSA) is 108 Å². The molecule has 13 heteroatoms. The molecule has 0 bridgehead atoms. The SMILES string of the molecule is CN1CCC1(C)COc1nc(N2CCN(C(=O)OC(C)(C)C)[C@@H](CC#N)C2)c2cnc(-c3cccc4ccc(F)c(Cl)c34)c(F)c2n1. The number of likely N-dealkylation sites (tertiary alicyclic amines) is 1. The number of nitriles is 1. The standard InChI is InChI=1S/C34H36ClF2N7O3/c1-33(2,3)47-32(45)44-16-15-43(18-21(44)11-13-38)30-23-17-39-28(22-8-6-7-20-9-10-24(36)26(35)25(20)22)27(37)29(23)40-31(41-30)46-19-34(4)12-14-42(34)5/h6-10,17,21H,11-12,14-16,18-19H2,1-5H3/t21-,34?/m0/s1. The van der Waals surface area contributed by atoms with Crippen LogP contribution < -0.4 is 9.64 Å².